The minimum Gasteiger partial charge on any atom is -0.494 e. The highest BCUT2D eigenvalue weighted by molar-refractivity contribution is 6.13. The predicted molar refractivity (Wildman–Crippen MR) is 211 cm³/mol. The molecule has 1 aromatic heterocycles. The third-order valence-corrected chi connectivity index (χ3v) is 9.52. The highest BCUT2D eigenvalue weighted by atomic mass is 16.6. The first-order valence-electron chi connectivity index (χ1n) is 20.2. The molecule has 0 spiro atoms. The minimum atomic E-state index is -0.795. The van der Waals surface area contributed by atoms with Gasteiger partial charge in [-0.1, -0.05) is 46.0 Å². The summed E-state index contributed by atoms with van der Waals surface area (Å²) in [5.74, 6) is -2.34. The first kappa shape index (κ1) is 48.9. The van der Waals surface area contributed by atoms with E-state index in [1.807, 2.05) is 34.6 Å². The number of ether oxygens (including phenoxy) is 4. The third kappa shape index (κ3) is 20.6. The number of hydrogen-bond acceptors (Lipinski definition) is 12. The second-order valence-electron chi connectivity index (χ2n) is 15.4. The summed E-state index contributed by atoms with van der Waals surface area (Å²) in [7, 11) is 0. The van der Waals surface area contributed by atoms with Gasteiger partial charge in [-0.3, -0.25) is 38.2 Å². The summed E-state index contributed by atoms with van der Waals surface area (Å²) >= 11 is 0. The van der Waals surface area contributed by atoms with Crippen LogP contribution in [0.1, 0.15) is 105 Å². The van der Waals surface area contributed by atoms with E-state index in [0.717, 1.165) is 55.6 Å². The molecule has 0 saturated heterocycles. The van der Waals surface area contributed by atoms with Crippen LogP contribution in [0.3, 0.4) is 0 Å². The van der Waals surface area contributed by atoms with Gasteiger partial charge in [-0.25, -0.2) is 0 Å². The van der Waals surface area contributed by atoms with Crippen molar-refractivity contribution in [3.63, 3.8) is 0 Å². The quantitative estimate of drug-likeness (QED) is 0.0478. The van der Waals surface area contributed by atoms with Crippen molar-refractivity contribution >= 4 is 35.4 Å². The SMILES string of the molecule is CC(CCCCC(NC(=O)CCN1C(=O)C=CC1=O)C(=O)NCCCCCCOCCOCCOCCC(=O)OC(C)(C)C)C(C)C(=O)CCn1c(O)ccc1O. The number of aromatic hydroxyl groups is 2. The number of ketones is 1. The van der Waals surface area contributed by atoms with E-state index >= 15 is 0 Å². The standard InChI is InChI=1S/C41H66N4O12/c1-30(31(2)33(46)18-22-44-35(48)14-15-36(44)49)12-8-9-13-32(43-34(47)19-23-45-37(50)16-17-38(45)51)40(53)42-21-10-6-7-11-24-54-26-28-56-29-27-55-25-20-39(52)57-41(3,4)5/h14-17,30-32,48-49H,6-13,18-29H2,1-5H3,(H,42,53)(H,43,47). The number of imide groups is 1. The molecule has 2 rings (SSSR count). The molecule has 57 heavy (non-hydrogen) atoms. The van der Waals surface area contributed by atoms with Crippen LogP contribution in [0.25, 0.3) is 0 Å². The average Bonchev–Trinajstić information content (AvgIpc) is 3.65. The summed E-state index contributed by atoms with van der Waals surface area (Å²) in [5.41, 5.74) is -0.507. The lowest BCUT2D eigenvalue weighted by atomic mass is 9.86. The molecule has 0 radical (unpaired) electrons. The largest absolute Gasteiger partial charge is 0.494 e. The zero-order valence-corrected chi connectivity index (χ0v) is 34.6. The number of nitrogens with one attached hydrogen (secondary N) is 2. The van der Waals surface area contributed by atoms with Crippen molar-refractivity contribution in [1.82, 2.24) is 20.1 Å². The normalized spacial score (nSPS) is 14.4. The van der Waals surface area contributed by atoms with Crippen molar-refractivity contribution in [3.05, 3.63) is 24.3 Å². The van der Waals surface area contributed by atoms with E-state index in [-0.39, 0.29) is 80.2 Å². The Morgan fingerprint density at radius 2 is 1.30 bits per heavy atom. The molecule has 0 aromatic carbocycles. The molecule has 2 heterocycles. The number of unbranched alkanes of at least 4 members (excludes halogenated alkanes) is 4. The van der Waals surface area contributed by atoms with Gasteiger partial charge < -0.3 is 39.8 Å². The van der Waals surface area contributed by atoms with Crippen LogP contribution in [0.15, 0.2) is 24.3 Å². The maximum Gasteiger partial charge on any atom is 0.308 e. The molecular formula is C41H66N4O12. The minimum absolute atomic E-state index is 0.0235. The highest BCUT2D eigenvalue weighted by Crippen LogP contribution is 2.24. The van der Waals surface area contributed by atoms with E-state index < -0.39 is 29.4 Å². The molecule has 322 valence electrons. The first-order valence-corrected chi connectivity index (χ1v) is 20.2. The fourth-order valence-corrected chi connectivity index (χ4v) is 6.01. The van der Waals surface area contributed by atoms with Crippen LogP contribution in [-0.4, -0.2) is 119 Å². The maximum atomic E-state index is 13.2. The van der Waals surface area contributed by atoms with E-state index in [0.29, 0.717) is 52.4 Å². The van der Waals surface area contributed by atoms with Crippen LogP contribution >= 0.6 is 0 Å². The fraction of sp³-hybridized carbons (Fsp3) is 0.707. The van der Waals surface area contributed by atoms with Gasteiger partial charge in [0.25, 0.3) is 11.8 Å². The Hall–Kier alpha value is -4.28. The zero-order valence-electron chi connectivity index (χ0n) is 34.6. The van der Waals surface area contributed by atoms with Crippen LogP contribution in [0.2, 0.25) is 0 Å². The van der Waals surface area contributed by atoms with Gasteiger partial charge >= 0.3 is 5.97 Å². The van der Waals surface area contributed by atoms with Gasteiger partial charge in [0.15, 0.2) is 11.8 Å². The van der Waals surface area contributed by atoms with Crippen LogP contribution in [0.4, 0.5) is 0 Å². The topological polar surface area (TPSA) is 212 Å². The summed E-state index contributed by atoms with van der Waals surface area (Å²) in [5, 5.41) is 25.4. The lowest BCUT2D eigenvalue weighted by molar-refractivity contribution is -0.156. The van der Waals surface area contributed by atoms with Gasteiger partial charge in [0.05, 0.1) is 39.5 Å². The van der Waals surface area contributed by atoms with Gasteiger partial charge in [0, 0.05) is 69.3 Å². The zero-order chi connectivity index (χ0) is 42.2. The van der Waals surface area contributed by atoms with Gasteiger partial charge in [-0.2, -0.15) is 0 Å². The van der Waals surface area contributed by atoms with Gasteiger partial charge in [0.2, 0.25) is 11.8 Å². The molecule has 1 aliphatic rings. The van der Waals surface area contributed by atoms with Gasteiger partial charge in [-0.15, -0.1) is 0 Å². The molecule has 0 aliphatic carbocycles. The van der Waals surface area contributed by atoms with Gasteiger partial charge in [-0.05, 0) is 46.0 Å². The summed E-state index contributed by atoms with van der Waals surface area (Å²) in [6, 6.07) is 1.94. The fourth-order valence-electron chi connectivity index (χ4n) is 6.01. The number of carbonyl (C=O) groups is 6. The third-order valence-electron chi connectivity index (χ3n) is 9.52. The summed E-state index contributed by atoms with van der Waals surface area (Å²) in [6.07, 6.45) is 8.42. The van der Waals surface area contributed by atoms with Crippen molar-refractivity contribution in [1.29, 1.82) is 0 Å². The number of rotatable bonds is 31. The van der Waals surface area contributed by atoms with Crippen LogP contribution < -0.4 is 10.6 Å². The van der Waals surface area contributed by atoms with Crippen molar-refractivity contribution in [2.45, 2.75) is 123 Å². The number of nitrogens with zero attached hydrogens (tertiary/aromatic N) is 2. The molecule has 16 nitrogen and oxygen atoms in total. The average molecular weight is 807 g/mol. The monoisotopic (exact) mass is 806 g/mol. The number of carbonyl (C=O) groups excluding carboxylic acids is 6. The molecule has 0 bridgehead atoms. The van der Waals surface area contributed by atoms with E-state index in [9.17, 15) is 39.0 Å². The Kier molecular flexibility index (Phi) is 22.8. The molecule has 3 unspecified atom stereocenters. The molecule has 1 aliphatic heterocycles. The molecule has 4 amide bonds. The molecule has 0 fully saturated rings. The van der Waals surface area contributed by atoms with Crippen LogP contribution in [0.5, 0.6) is 11.8 Å². The number of aromatic nitrogens is 1. The second-order valence-corrected chi connectivity index (χ2v) is 15.4. The number of hydrogen-bond donors (Lipinski definition) is 4. The van der Waals surface area contributed by atoms with E-state index in [1.165, 1.54) is 16.7 Å². The van der Waals surface area contributed by atoms with Gasteiger partial charge in [0.1, 0.15) is 17.4 Å². The molecule has 3 atom stereocenters. The molecular weight excluding hydrogens is 740 g/mol. The van der Waals surface area contributed by atoms with E-state index in [4.69, 9.17) is 18.9 Å². The number of esters is 1. The van der Waals surface area contributed by atoms with Crippen LogP contribution in [-0.2, 0) is 54.3 Å². The Morgan fingerprint density at radius 3 is 1.93 bits per heavy atom. The maximum absolute atomic E-state index is 13.2. The number of Topliss-reactive ketones (excluding diaryl/α,β-unsaturated/α-hetero) is 1. The van der Waals surface area contributed by atoms with Crippen molar-refractivity contribution < 1.29 is 57.9 Å². The first-order chi connectivity index (χ1) is 27.1. The summed E-state index contributed by atoms with van der Waals surface area (Å²) < 4.78 is 23.0. The molecule has 16 heteroatoms. The summed E-state index contributed by atoms with van der Waals surface area (Å²) in [6.45, 7) is 12.4. The van der Waals surface area contributed by atoms with Crippen molar-refractivity contribution in [2.75, 3.05) is 52.7 Å². The lowest BCUT2D eigenvalue weighted by Crippen LogP contribution is -2.47. The molecule has 0 saturated carbocycles. The van der Waals surface area contributed by atoms with E-state index in [1.54, 1.807) is 0 Å². The molecule has 1 aromatic rings. The Bertz CT molecular complexity index is 1420. The second kappa shape index (κ2) is 26.6. The van der Waals surface area contributed by atoms with Crippen molar-refractivity contribution in [3.8, 4) is 11.8 Å². The summed E-state index contributed by atoms with van der Waals surface area (Å²) in [4.78, 5) is 75.2. The van der Waals surface area contributed by atoms with Crippen LogP contribution in [0, 0.1) is 11.8 Å². The van der Waals surface area contributed by atoms with Crippen molar-refractivity contribution in [2.24, 2.45) is 11.8 Å². The number of amides is 4. The highest BCUT2D eigenvalue weighted by Gasteiger charge is 2.26. The smallest absolute Gasteiger partial charge is 0.308 e. The Morgan fingerprint density at radius 1 is 0.719 bits per heavy atom. The molecule has 4 N–H and O–H groups in total. The van der Waals surface area contributed by atoms with E-state index in [2.05, 4.69) is 10.6 Å². The lowest BCUT2D eigenvalue weighted by Gasteiger charge is -2.21. The Balaban J connectivity index is 1.64. The predicted octanol–water partition coefficient (Wildman–Crippen LogP) is 3.95. The Labute approximate surface area is 337 Å².